The van der Waals surface area contributed by atoms with Gasteiger partial charge in [0.1, 0.15) is 12.4 Å². The molecule has 5 heteroatoms. The molecule has 118 valence electrons. The van der Waals surface area contributed by atoms with E-state index < -0.39 is 5.54 Å². The fraction of sp³-hybridized carbons (Fsp3) is 0.562. The minimum Gasteiger partial charge on any atom is -0.492 e. The van der Waals surface area contributed by atoms with Crippen LogP contribution in [0, 0.1) is 0 Å². The monoisotopic (exact) mass is 293 g/mol. The van der Waals surface area contributed by atoms with E-state index in [9.17, 15) is 4.79 Å². The second-order valence-electron chi connectivity index (χ2n) is 5.79. The van der Waals surface area contributed by atoms with E-state index in [0.717, 1.165) is 24.5 Å². The highest BCUT2D eigenvalue weighted by Gasteiger charge is 2.26. The van der Waals surface area contributed by atoms with E-state index >= 15 is 0 Å². The van der Waals surface area contributed by atoms with Crippen LogP contribution in [0.4, 0.5) is 5.69 Å². The summed E-state index contributed by atoms with van der Waals surface area (Å²) in [5, 5.41) is 6.07. The molecule has 0 heterocycles. The summed E-state index contributed by atoms with van der Waals surface area (Å²) < 4.78 is 5.66. The maximum atomic E-state index is 12.2. The maximum absolute atomic E-state index is 12.2. The number of rotatable bonds is 8. The molecule has 2 N–H and O–H groups in total. The Morgan fingerprint density at radius 3 is 2.67 bits per heavy atom. The van der Waals surface area contributed by atoms with Crippen molar-refractivity contribution in [3.05, 3.63) is 24.3 Å². The van der Waals surface area contributed by atoms with Gasteiger partial charge in [-0.2, -0.15) is 0 Å². The highest BCUT2D eigenvalue weighted by atomic mass is 16.5. The van der Waals surface area contributed by atoms with Gasteiger partial charge in [-0.05, 0) is 46.6 Å². The van der Waals surface area contributed by atoms with Gasteiger partial charge >= 0.3 is 0 Å². The largest absolute Gasteiger partial charge is 0.492 e. The van der Waals surface area contributed by atoms with Gasteiger partial charge in [0.05, 0.1) is 5.54 Å². The zero-order valence-corrected chi connectivity index (χ0v) is 13.7. The number of benzene rings is 1. The molecule has 0 aliphatic rings. The van der Waals surface area contributed by atoms with E-state index in [-0.39, 0.29) is 5.91 Å². The molecular formula is C16H27N3O2. The molecule has 1 aromatic rings. The highest BCUT2D eigenvalue weighted by molar-refractivity contribution is 5.97. The van der Waals surface area contributed by atoms with Crippen molar-refractivity contribution in [2.24, 2.45) is 0 Å². The summed E-state index contributed by atoms with van der Waals surface area (Å²) in [5.74, 6) is 0.700. The van der Waals surface area contributed by atoms with Crippen molar-refractivity contribution in [1.29, 1.82) is 0 Å². The highest BCUT2D eigenvalue weighted by Crippen LogP contribution is 2.18. The Morgan fingerprint density at radius 2 is 2.05 bits per heavy atom. The summed E-state index contributed by atoms with van der Waals surface area (Å²) in [6.45, 7) is 7.92. The van der Waals surface area contributed by atoms with Crippen LogP contribution in [0.25, 0.3) is 0 Å². The Balaban J connectivity index is 2.62. The maximum Gasteiger partial charge on any atom is 0.244 e. The average molecular weight is 293 g/mol. The second kappa shape index (κ2) is 8.00. The van der Waals surface area contributed by atoms with Crippen LogP contribution in [-0.2, 0) is 4.79 Å². The number of likely N-dealkylation sites (N-methyl/N-ethyl adjacent to an activating group) is 2. The molecule has 1 amide bonds. The van der Waals surface area contributed by atoms with Crippen LogP contribution in [0.15, 0.2) is 24.3 Å². The van der Waals surface area contributed by atoms with Crippen molar-refractivity contribution in [3.8, 4) is 5.75 Å². The van der Waals surface area contributed by atoms with E-state index in [1.165, 1.54) is 0 Å². The standard InChI is InChI=1S/C16H27N3O2/c1-6-17-16(2,3)15(20)18-13-8-7-9-14(12-13)21-11-10-19(4)5/h7-9,12,17H,6,10-11H2,1-5H3,(H,18,20). The average Bonchev–Trinajstić information content (AvgIpc) is 2.38. The lowest BCUT2D eigenvalue weighted by molar-refractivity contribution is -0.121. The molecular weight excluding hydrogens is 266 g/mol. The first-order valence-corrected chi connectivity index (χ1v) is 7.29. The molecule has 1 aromatic carbocycles. The summed E-state index contributed by atoms with van der Waals surface area (Å²) in [4.78, 5) is 14.3. The van der Waals surface area contributed by atoms with Crippen molar-refractivity contribution < 1.29 is 9.53 Å². The Bertz CT molecular complexity index is 459. The van der Waals surface area contributed by atoms with E-state index in [4.69, 9.17) is 4.74 Å². The molecule has 1 rings (SSSR count). The van der Waals surface area contributed by atoms with Crippen LogP contribution >= 0.6 is 0 Å². The van der Waals surface area contributed by atoms with Gasteiger partial charge in [0.25, 0.3) is 0 Å². The van der Waals surface area contributed by atoms with Gasteiger partial charge in [0.2, 0.25) is 5.91 Å². The van der Waals surface area contributed by atoms with Gasteiger partial charge in [-0.25, -0.2) is 0 Å². The van der Waals surface area contributed by atoms with Gasteiger partial charge in [0.15, 0.2) is 0 Å². The number of ether oxygens (including phenoxy) is 1. The Morgan fingerprint density at radius 1 is 1.33 bits per heavy atom. The van der Waals surface area contributed by atoms with E-state index in [1.807, 2.05) is 59.1 Å². The van der Waals surface area contributed by atoms with Gasteiger partial charge in [0, 0.05) is 18.3 Å². The molecule has 0 aliphatic carbocycles. The van der Waals surface area contributed by atoms with Crippen LogP contribution < -0.4 is 15.4 Å². The molecule has 0 aromatic heterocycles. The fourth-order valence-electron chi connectivity index (χ4n) is 1.82. The zero-order chi connectivity index (χ0) is 15.9. The van der Waals surface area contributed by atoms with Crippen molar-refractivity contribution in [2.75, 3.05) is 39.1 Å². The Labute approximate surface area is 127 Å². The minimum absolute atomic E-state index is 0.0604. The third kappa shape index (κ3) is 6.14. The summed E-state index contributed by atoms with van der Waals surface area (Å²) in [5.41, 5.74) is 0.143. The van der Waals surface area contributed by atoms with Crippen LogP contribution in [0.3, 0.4) is 0 Å². The first-order chi connectivity index (χ1) is 9.85. The molecule has 0 saturated heterocycles. The first-order valence-electron chi connectivity index (χ1n) is 7.29. The van der Waals surface area contributed by atoms with Crippen molar-refractivity contribution >= 4 is 11.6 Å². The minimum atomic E-state index is -0.601. The van der Waals surface area contributed by atoms with E-state index in [2.05, 4.69) is 15.5 Å². The summed E-state index contributed by atoms with van der Waals surface area (Å²) >= 11 is 0. The number of anilines is 1. The number of carbonyl (C=O) groups is 1. The predicted molar refractivity (Wildman–Crippen MR) is 86.9 cm³/mol. The second-order valence-corrected chi connectivity index (χ2v) is 5.79. The quantitative estimate of drug-likeness (QED) is 0.769. The van der Waals surface area contributed by atoms with E-state index in [1.54, 1.807) is 0 Å². The normalized spacial score (nSPS) is 11.5. The lowest BCUT2D eigenvalue weighted by atomic mass is 10.0. The number of nitrogens with zero attached hydrogens (tertiary/aromatic N) is 1. The van der Waals surface area contributed by atoms with Crippen molar-refractivity contribution in [3.63, 3.8) is 0 Å². The third-order valence-electron chi connectivity index (χ3n) is 3.09. The number of amides is 1. The third-order valence-corrected chi connectivity index (χ3v) is 3.09. The lowest BCUT2D eigenvalue weighted by Crippen LogP contribution is -2.49. The summed E-state index contributed by atoms with van der Waals surface area (Å²) in [6, 6.07) is 7.47. The number of carbonyl (C=O) groups excluding carboxylic acids is 1. The number of hydrogen-bond acceptors (Lipinski definition) is 4. The lowest BCUT2D eigenvalue weighted by Gasteiger charge is -2.24. The Hall–Kier alpha value is -1.59. The van der Waals surface area contributed by atoms with Gasteiger partial charge < -0.3 is 20.3 Å². The van der Waals surface area contributed by atoms with Gasteiger partial charge in [-0.15, -0.1) is 0 Å². The molecule has 0 radical (unpaired) electrons. The topological polar surface area (TPSA) is 53.6 Å². The van der Waals surface area contributed by atoms with Crippen LogP contribution in [0.1, 0.15) is 20.8 Å². The smallest absolute Gasteiger partial charge is 0.244 e. The molecule has 0 aliphatic heterocycles. The van der Waals surface area contributed by atoms with E-state index in [0.29, 0.717) is 6.61 Å². The van der Waals surface area contributed by atoms with Crippen molar-refractivity contribution in [2.45, 2.75) is 26.3 Å². The van der Waals surface area contributed by atoms with Crippen LogP contribution in [0.2, 0.25) is 0 Å². The molecule has 0 saturated carbocycles. The fourth-order valence-corrected chi connectivity index (χ4v) is 1.82. The van der Waals surface area contributed by atoms with Crippen LogP contribution in [0.5, 0.6) is 5.75 Å². The number of hydrogen-bond donors (Lipinski definition) is 2. The molecule has 0 spiro atoms. The molecule has 5 nitrogen and oxygen atoms in total. The molecule has 0 unspecified atom stereocenters. The zero-order valence-electron chi connectivity index (χ0n) is 13.7. The molecule has 21 heavy (non-hydrogen) atoms. The SMILES string of the molecule is CCNC(C)(C)C(=O)Nc1cccc(OCCN(C)C)c1. The summed E-state index contributed by atoms with van der Waals surface area (Å²) in [7, 11) is 4.01. The predicted octanol–water partition coefficient (Wildman–Crippen LogP) is 1.95. The molecule has 0 bridgehead atoms. The van der Waals surface area contributed by atoms with Crippen LogP contribution in [-0.4, -0.2) is 50.1 Å². The van der Waals surface area contributed by atoms with Crippen molar-refractivity contribution in [1.82, 2.24) is 10.2 Å². The Kier molecular flexibility index (Phi) is 6.65. The van der Waals surface area contributed by atoms with Gasteiger partial charge in [-0.1, -0.05) is 13.0 Å². The first kappa shape index (κ1) is 17.5. The molecule has 0 atom stereocenters. The number of nitrogens with one attached hydrogen (secondary N) is 2. The summed E-state index contributed by atoms with van der Waals surface area (Å²) in [6.07, 6.45) is 0. The molecule has 0 fully saturated rings. The van der Waals surface area contributed by atoms with Gasteiger partial charge in [-0.3, -0.25) is 4.79 Å².